The van der Waals surface area contributed by atoms with E-state index in [1.165, 1.54) is 11.1 Å². The number of carbonyl (C=O) groups excluding carboxylic acids is 1. The van der Waals surface area contributed by atoms with Gasteiger partial charge in [0, 0.05) is 32.2 Å². The van der Waals surface area contributed by atoms with Crippen LogP contribution in [-0.2, 0) is 6.54 Å². The van der Waals surface area contributed by atoms with Crippen molar-refractivity contribution in [2.45, 2.75) is 39.3 Å². The highest BCUT2D eigenvalue weighted by Gasteiger charge is 2.20. The van der Waals surface area contributed by atoms with Crippen LogP contribution in [0.5, 0.6) is 0 Å². The first kappa shape index (κ1) is 14.9. The number of rotatable bonds is 4. The van der Waals surface area contributed by atoms with Gasteiger partial charge in [0.25, 0.3) is 0 Å². The van der Waals surface area contributed by atoms with Gasteiger partial charge in [0.2, 0.25) is 0 Å². The second-order valence-electron chi connectivity index (χ2n) is 5.54. The molecule has 2 N–H and O–H groups in total. The highest BCUT2D eigenvalue weighted by atomic mass is 16.2. The van der Waals surface area contributed by atoms with Crippen molar-refractivity contribution in [3.63, 3.8) is 0 Å². The molecule has 1 aromatic rings. The van der Waals surface area contributed by atoms with Crippen LogP contribution in [0.15, 0.2) is 24.3 Å². The third-order valence-electron chi connectivity index (χ3n) is 3.75. The van der Waals surface area contributed by atoms with Crippen molar-refractivity contribution in [2.24, 2.45) is 0 Å². The van der Waals surface area contributed by atoms with Gasteiger partial charge in [-0.1, -0.05) is 29.8 Å². The molecule has 0 spiro atoms. The Balaban J connectivity index is 1.75. The van der Waals surface area contributed by atoms with Gasteiger partial charge in [-0.25, -0.2) is 4.79 Å². The SMILES string of the molecule is CCNC(=O)NC1CCN(Cc2cccc(C)c2)CC1. The maximum absolute atomic E-state index is 11.5. The number of nitrogens with one attached hydrogen (secondary N) is 2. The van der Waals surface area contributed by atoms with Crippen molar-refractivity contribution in [3.05, 3.63) is 35.4 Å². The fourth-order valence-electron chi connectivity index (χ4n) is 2.70. The van der Waals surface area contributed by atoms with Crippen LogP contribution in [0.1, 0.15) is 30.9 Å². The monoisotopic (exact) mass is 275 g/mol. The summed E-state index contributed by atoms with van der Waals surface area (Å²) < 4.78 is 0. The van der Waals surface area contributed by atoms with Crippen LogP contribution < -0.4 is 10.6 Å². The van der Waals surface area contributed by atoms with Crippen LogP contribution in [-0.4, -0.2) is 36.6 Å². The fourth-order valence-corrected chi connectivity index (χ4v) is 2.70. The van der Waals surface area contributed by atoms with Crippen LogP contribution in [0.4, 0.5) is 4.79 Å². The van der Waals surface area contributed by atoms with Gasteiger partial charge in [0.15, 0.2) is 0 Å². The molecule has 0 aromatic heterocycles. The van der Waals surface area contributed by atoms with Crippen LogP contribution >= 0.6 is 0 Å². The summed E-state index contributed by atoms with van der Waals surface area (Å²) >= 11 is 0. The molecule has 4 nitrogen and oxygen atoms in total. The predicted octanol–water partition coefficient (Wildman–Crippen LogP) is 2.28. The lowest BCUT2D eigenvalue weighted by molar-refractivity contribution is 0.187. The van der Waals surface area contributed by atoms with Gasteiger partial charge >= 0.3 is 6.03 Å². The molecule has 1 aliphatic rings. The molecular weight excluding hydrogens is 250 g/mol. The maximum Gasteiger partial charge on any atom is 0.314 e. The number of hydrogen-bond donors (Lipinski definition) is 2. The number of urea groups is 1. The lowest BCUT2D eigenvalue weighted by Crippen LogP contribution is -2.47. The summed E-state index contributed by atoms with van der Waals surface area (Å²) in [4.78, 5) is 13.9. The molecule has 1 aliphatic heterocycles. The zero-order chi connectivity index (χ0) is 14.4. The highest BCUT2D eigenvalue weighted by Crippen LogP contribution is 2.14. The smallest absolute Gasteiger partial charge is 0.314 e. The van der Waals surface area contributed by atoms with E-state index in [0.29, 0.717) is 12.6 Å². The van der Waals surface area contributed by atoms with Crippen LogP contribution in [0.2, 0.25) is 0 Å². The Kier molecular flexibility index (Phi) is 5.41. The zero-order valence-corrected chi connectivity index (χ0v) is 12.5. The Hall–Kier alpha value is -1.55. The predicted molar refractivity (Wildman–Crippen MR) is 81.7 cm³/mol. The molecular formula is C16H25N3O. The summed E-state index contributed by atoms with van der Waals surface area (Å²) in [6.45, 7) is 7.85. The van der Waals surface area contributed by atoms with Crippen molar-refractivity contribution in [2.75, 3.05) is 19.6 Å². The molecule has 0 atom stereocenters. The van der Waals surface area contributed by atoms with Gasteiger partial charge in [0.1, 0.15) is 0 Å². The maximum atomic E-state index is 11.5. The Morgan fingerprint density at radius 3 is 2.75 bits per heavy atom. The fraction of sp³-hybridized carbons (Fsp3) is 0.562. The van der Waals surface area contributed by atoms with E-state index in [-0.39, 0.29) is 6.03 Å². The van der Waals surface area contributed by atoms with Gasteiger partial charge in [-0.3, -0.25) is 4.90 Å². The van der Waals surface area contributed by atoms with Gasteiger partial charge < -0.3 is 10.6 Å². The molecule has 2 amide bonds. The Morgan fingerprint density at radius 1 is 1.35 bits per heavy atom. The molecule has 1 aromatic carbocycles. The van der Waals surface area contributed by atoms with E-state index < -0.39 is 0 Å². The topological polar surface area (TPSA) is 44.4 Å². The number of aryl methyl sites for hydroxylation is 1. The summed E-state index contributed by atoms with van der Waals surface area (Å²) in [5.74, 6) is 0. The first-order valence-electron chi connectivity index (χ1n) is 7.49. The Morgan fingerprint density at radius 2 is 2.10 bits per heavy atom. The van der Waals surface area contributed by atoms with Crippen LogP contribution in [0.3, 0.4) is 0 Å². The molecule has 20 heavy (non-hydrogen) atoms. The minimum atomic E-state index is -0.0374. The first-order valence-corrected chi connectivity index (χ1v) is 7.49. The molecule has 0 saturated carbocycles. The van der Waals surface area contributed by atoms with Gasteiger partial charge in [0.05, 0.1) is 0 Å². The second-order valence-corrected chi connectivity index (χ2v) is 5.54. The van der Waals surface area contributed by atoms with Crippen molar-refractivity contribution < 1.29 is 4.79 Å². The van der Waals surface area contributed by atoms with Gasteiger partial charge in [-0.15, -0.1) is 0 Å². The minimum absolute atomic E-state index is 0.0374. The van der Waals surface area contributed by atoms with Crippen LogP contribution in [0.25, 0.3) is 0 Å². The lowest BCUT2D eigenvalue weighted by atomic mass is 10.0. The molecule has 0 radical (unpaired) electrons. The average molecular weight is 275 g/mol. The van der Waals surface area contributed by atoms with E-state index in [9.17, 15) is 4.79 Å². The van der Waals surface area contributed by atoms with E-state index in [0.717, 1.165) is 32.5 Å². The number of nitrogens with zero attached hydrogens (tertiary/aromatic N) is 1. The molecule has 1 heterocycles. The standard InChI is InChI=1S/C16H25N3O/c1-3-17-16(20)18-15-7-9-19(10-8-15)12-14-6-4-5-13(2)11-14/h4-6,11,15H,3,7-10,12H2,1-2H3,(H2,17,18,20). The molecule has 2 rings (SSSR count). The third-order valence-corrected chi connectivity index (χ3v) is 3.75. The molecule has 1 fully saturated rings. The van der Waals surface area contributed by atoms with Gasteiger partial charge in [-0.05, 0) is 32.3 Å². The second kappa shape index (κ2) is 7.29. The molecule has 0 aliphatic carbocycles. The number of hydrogen-bond acceptors (Lipinski definition) is 2. The number of piperidine rings is 1. The van der Waals surface area contributed by atoms with Gasteiger partial charge in [-0.2, -0.15) is 0 Å². The molecule has 1 saturated heterocycles. The summed E-state index contributed by atoms with van der Waals surface area (Å²) in [5.41, 5.74) is 2.69. The van der Waals surface area contributed by atoms with Crippen molar-refractivity contribution in [1.29, 1.82) is 0 Å². The largest absolute Gasteiger partial charge is 0.338 e. The minimum Gasteiger partial charge on any atom is -0.338 e. The van der Waals surface area contributed by atoms with Crippen molar-refractivity contribution in [1.82, 2.24) is 15.5 Å². The summed E-state index contributed by atoms with van der Waals surface area (Å²) in [7, 11) is 0. The highest BCUT2D eigenvalue weighted by molar-refractivity contribution is 5.74. The third kappa shape index (κ3) is 4.53. The van der Waals surface area contributed by atoms with E-state index >= 15 is 0 Å². The number of amides is 2. The van der Waals surface area contributed by atoms with Crippen molar-refractivity contribution >= 4 is 6.03 Å². The summed E-state index contributed by atoms with van der Waals surface area (Å²) in [5, 5.41) is 5.82. The number of carbonyl (C=O) groups is 1. The molecule has 0 bridgehead atoms. The number of benzene rings is 1. The summed E-state index contributed by atoms with van der Waals surface area (Å²) in [6, 6.07) is 8.96. The molecule has 4 heteroatoms. The summed E-state index contributed by atoms with van der Waals surface area (Å²) in [6.07, 6.45) is 2.06. The van der Waals surface area contributed by atoms with E-state index in [4.69, 9.17) is 0 Å². The lowest BCUT2D eigenvalue weighted by Gasteiger charge is -2.32. The van der Waals surface area contributed by atoms with E-state index in [1.54, 1.807) is 0 Å². The quantitative estimate of drug-likeness (QED) is 0.885. The first-order chi connectivity index (χ1) is 9.67. The normalized spacial score (nSPS) is 16.9. The number of likely N-dealkylation sites (tertiary alicyclic amines) is 1. The van der Waals surface area contributed by atoms with E-state index in [1.807, 2.05) is 6.92 Å². The Bertz CT molecular complexity index is 439. The zero-order valence-electron chi connectivity index (χ0n) is 12.5. The van der Waals surface area contributed by atoms with E-state index in [2.05, 4.69) is 46.7 Å². The molecule has 0 unspecified atom stereocenters. The van der Waals surface area contributed by atoms with Crippen LogP contribution in [0, 0.1) is 6.92 Å². The molecule has 110 valence electrons. The Labute approximate surface area is 121 Å². The van der Waals surface area contributed by atoms with Crippen molar-refractivity contribution in [3.8, 4) is 0 Å². The average Bonchev–Trinajstić information content (AvgIpc) is 2.41.